The number of aromatic nitrogens is 2. The number of fused-ring (bicyclic) bond motifs is 1. The lowest BCUT2D eigenvalue weighted by Crippen LogP contribution is -2.41. The van der Waals surface area contributed by atoms with Crippen LogP contribution < -0.4 is 14.8 Å². The highest BCUT2D eigenvalue weighted by Crippen LogP contribution is 2.38. The molecule has 4 rings (SSSR count). The van der Waals surface area contributed by atoms with E-state index in [1.54, 1.807) is 25.8 Å². The molecule has 13 heteroatoms. The predicted octanol–water partition coefficient (Wildman–Crippen LogP) is 6.77. The fourth-order valence-electron chi connectivity index (χ4n) is 3.67. The number of ether oxygens (including phenoxy) is 2. The van der Waals surface area contributed by atoms with Crippen molar-refractivity contribution in [2.24, 2.45) is 5.41 Å². The van der Waals surface area contributed by atoms with Gasteiger partial charge in [-0.2, -0.15) is 8.78 Å². The molecule has 8 nitrogen and oxygen atoms in total. The van der Waals surface area contributed by atoms with Crippen molar-refractivity contribution in [3.63, 3.8) is 0 Å². The minimum atomic E-state index is -3.10. The lowest BCUT2D eigenvalue weighted by Gasteiger charge is -2.32. The summed E-state index contributed by atoms with van der Waals surface area (Å²) in [6, 6.07) is 5.57. The van der Waals surface area contributed by atoms with Crippen molar-refractivity contribution in [3.8, 4) is 11.5 Å². The normalized spacial score (nSPS) is 15.1. The number of halogens is 5. The van der Waals surface area contributed by atoms with Crippen molar-refractivity contribution in [1.82, 2.24) is 15.0 Å². The first kappa shape index (κ1) is 28.0. The minimum Gasteiger partial charge on any atom is -0.486 e. The quantitative estimate of drug-likeness (QED) is 0.310. The zero-order valence-corrected chi connectivity index (χ0v) is 22.2. The molecule has 204 valence electrons. The number of hydroxylamine groups is 2. The van der Waals surface area contributed by atoms with Gasteiger partial charge in [-0.25, -0.2) is 19.2 Å². The van der Waals surface area contributed by atoms with E-state index < -0.39 is 17.8 Å². The highest BCUT2D eigenvalue weighted by atomic mass is 35.5. The van der Waals surface area contributed by atoms with Gasteiger partial charge in [-0.3, -0.25) is 0 Å². The summed E-state index contributed by atoms with van der Waals surface area (Å²) in [5, 5.41) is 4.56. The Morgan fingerprint density at radius 1 is 1.13 bits per heavy atom. The molecule has 0 saturated carbocycles. The van der Waals surface area contributed by atoms with E-state index in [1.165, 1.54) is 30.6 Å². The Hall–Kier alpha value is -3.02. The predicted molar refractivity (Wildman–Crippen MR) is 137 cm³/mol. The molecule has 0 radical (unpaired) electrons. The number of carbonyl (C=O) groups is 1. The van der Waals surface area contributed by atoms with Crippen LogP contribution in [-0.4, -0.2) is 46.8 Å². The monoisotopic (exact) mass is 572 g/mol. The Balaban J connectivity index is 1.58. The van der Waals surface area contributed by atoms with Gasteiger partial charge in [0.1, 0.15) is 18.2 Å². The summed E-state index contributed by atoms with van der Waals surface area (Å²) in [6.45, 7) is 2.99. The average Bonchev–Trinajstić information content (AvgIpc) is 2.85. The van der Waals surface area contributed by atoms with Gasteiger partial charge in [0.15, 0.2) is 17.3 Å². The van der Waals surface area contributed by atoms with E-state index in [9.17, 15) is 18.0 Å². The van der Waals surface area contributed by atoms with Gasteiger partial charge in [0.25, 0.3) is 0 Å². The number of nitrogens with zero attached hydrogens (tertiary/aromatic N) is 3. The highest BCUT2D eigenvalue weighted by Gasteiger charge is 2.29. The van der Waals surface area contributed by atoms with E-state index in [4.69, 9.17) is 37.5 Å². The number of piperidine rings is 1. The summed E-state index contributed by atoms with van der Waals surface area (Å²) in [5.74, 6) is -1.11. The summed E-state index contributed by atoms with van der Waals surface area (Å²) in [7, 11) is 0. The molecule has 38 heavy (non-hydrogen) atoms. The smallest absolute Gasteiger partial charge is 0.387 e. The van der Waals surface area contributed by atoms with Crippen molar-refractivity contribution < 1.29 is 32.3 Å². The Morgan fingerprint density at radius 3 is 2.50 bits per heavy atom. The number of anilines is 2. The maximum Gasteiger partial charge on any atom is 0.387 e. The molecule has 1 aliphatic rings. The summed E-state index contributed by atoms with van der Waals surface area (Å²) in [5.41, 5.74) is -0.379. The highest BCUT2D eigenvalue weighted by molar-refractivity contribution is 6.42. The van der Waals surface area contributed by atoms with Gasteiger partial charge in [-0.05, 0) is 39.0 Å². The second kappa shape index (κ2) is 11.4. The molecule has 2 aromatic carbocycles. The number of hydrogen-bond donors (Lipinski definition) is 1. The number of hydrogen-bond acceptors (Lipinski definition) is 8. The molecule has 3 aromatic rings. The van der Waals surface area contributed by atoms with Crippen LogP contribution in [-0.2, 0) is 9.63 Å². The molecule has 1 aliphatic heterocycles. The van der Waals surface area contributed by atoms with E-state index in [1.807, 2.05) is 0 Å². The lowest BCUT2D eigenvalue weighted by molar-refractivity contribution is -0.207. The third-order valence-corrected chi connectivity index (χ3v) is 6.51. The maximum absolute atomic E-state index is 14.6. The Bertz CT molecular complexity index is 1330. The molecule has 1 fully saturated rings. The molecule has 0 bridgehead atoms. The van der Waals surface area contributed by atoms with Crippen LogP contribution >= 0.6 is 23.2 Å². The van der Waals surface area contributed by atoms with E-state index in [0.29, 0.717) is 31.3 Å². The van der Waals surface area contributed by atoms with Gasteiger partial charge in [-0.15, -0.1) is 5.06 Å². The Kier molecular flexibility index (Phi) is 8.39. The van der Waals surface area contributed by atoms with Gasteiger partial charge >= 0.3 is 12.6 Å². The van der Waals surface area contributed by atoms with Gasteiger partial charge in [0.2, 0.25) is 0 Å². The summed E-state index contributed by atoms with van der Waals surface area (Å²) >= 11 is 11.8. The van der Waals surface area contributed by atoms with E-state index in [2.05, 4.69) is 15.3 Å². The summed E-state index contributed by atoms with van der Waals surface area (Å²) in [6.07, 6.45) is 1.76. The van der Waals surface area contributed by atoms with Crippen molar-refractivity contribution in [3.05, 3.63) is 46.5 Å². The molecule has 0 aliphatic carbocycles. The molecule has 2 heterocycles. The SMILES string of the molecule is CC(C)(C)C(=O)ON1CCC(Oc2cc3c(Nc4ccc(Cl)c(Cl)c4F)ncnc3cc2OC(F)F)CC1. The Morgan fingerprint density at radius 2 is 1.84 bits per heavy atom. The summed E-state index contributed by atoms with van der Waals surface area (Å²) in [4.78, 5) is 25.9. The number of rotatable bonds is 7. The molecule has 1 aromatic heterocycles. The Labute approximate surface area is 226 Å². The van der Waals surface area contributed by atoms with Gasteiger partial charge < -0.3 is 19.6 Å². The van der Waals surface area contributed by atoms with Gasteiger partial charge in [0.05, 0.1) is 26.7 Å². The molecule has 1 saturated heterocycles. The van der Waals surface area contributed by atoms with Crippen LogP contribution in [0.5, 0.6) is 11.5 Å². The molecule has 0 spiro atoms. The zero-order chi connectivity index (χ0) is 27.6. The van der Waals surface area contributed by atoms with E-state index >= 15 is 0 Å². The first-order valence-electron chi connectivity index (χ1n) is 11.7. The third-order valence-electron chi connectivity index (χ3n) is 5.72. The summed E-state index contributed by atoms with van der Waals surface area (Å²) < 4.78 is 51.8. The number of nitrogens with one attached hydrogen (secondary N) is 1. The van der Waals surface area contributed by atoms with Crippen LogP contribution in [0.3, 0.4) is 0 Å². The lowest BCUT2D eigenvalue weighted by atomic mass is 9.98. The first-order chi connectivity index (χ1) is 17.9. The van der Waals surface area contributed by atoms with Crippen molar-refractivity contribution in [2.45, 2.75) is 46.3 Å². The third kappa shape index (κ3) is 6.51. The van der Waals surface area contributed by atoms with Crippen molar-refractivity contribution >= 4 is 51.6 Å². The minimum absolute atomic E-state index is 0.00644. The van der Waals surface area contributed by atoms with Crippen LogP contribution in [0.25, 0.3) is 10.9 Å². The van der Waals surface area contributed by atoms with Crippen LogP contribution in [0, 0.1) is 11.2 Å². The topological polar surface area (TPSA) is 85.8 Å². The molecular weight excluding hydrogens is 548 g/mol. The first-order valence-corrected chi connectivity index (χ1v) is 12.5. The van der Waals surface area contributed by atoms with Gasteiger partial charge in [0, 0.05) is 37.4 Å². The molecule has 0 amide bonds. The fourth-order valence-corrected chi connectivity index (χ4v) is 3.98. The van der Waals surface area contributed by atoms with Crippen molar-refractivity contribution in [1.29, 1.82) is 0 Å². The molecule has 1 N–H and O–H groups in total. The maximum atomic E-state index is 14.6. The second-order valence-corrected chi connectivity index (χ2v) is 10.4. The van der Waals surface area contributed by atoms with E-state index in [0.717, 1.165) is 0 Å². The number of carbonyl (C=O) groups excluding carboxylic acids is 1. The fraction of sp³-hybridized carbons (Fsp3) is 0.400. The van der Waals surface area contributed by atoms with Crippen LogP contribution in [0.15, 0.2) is 30.6 Å². The molecule has 0 unspecified atom stereocenters. The zero-order valence-electron chi connectivity index (χ0n) is 20.7. The van der Waals surface area contributed by atoms with Crippen molar-refractivity contribution in [2.75, 3.05) is 18.4 Å². The van der Waals surface area contributed by atoms with E-state index in [-0.39, 0.29) is 50.6 Å². The molecular formula is C25H25Cl2F3N4O4. The van der Waals surface area contributed by atoms with Crippen LogP contribution in [0.2, 0.25) is 10.0 Å². The average molecular weight is 573 g/mol. The van der Waals surface area contributed by atoms with Gasteiger partial charge in [-0.1, -0.05) is 23.2 Å². The number of benzene rings is 2. The molecule has 0 atom stereocenters. The largest absolute Gasteiger partial charge is 0.486 e. The standard InChI is InChI=1S/C25H25Cl2F3N4O4/c1-25(2,3)23(35)38-34-8-6-13(7-9-34)36-18-10-14-17(11-19(18)37-24(29)30)31-12-32-22(14)33-16-5-4-15(26)20(27)21(16)28/h4-5,10-13,24H,6-9H2,1-3H3,(H,31,32,33). The van der Waals surface area contributed by atoms with Crippen LogP contribution in [0.4, 0.5) is 24.7 Å². The number of alkyl halides is 2. The van der Waals surface area contributed by atoms with Crippen LogP contribution in [0.1, 0.15) is 33.6 Å². The second-order valence-electron chi connectivity index (χ2n) is 9.64.